The van der Waals surface area contributed by atoms with E-state index in [0.717, 1.165) is 43.6 Å². The summed E-state index contributed by atoms with van der Waals surface area (Å²) in [5, 5.41) is 3.13. The molecule has 4 saturated carbocycles. The maximum Gasteiger partial charge on any atom is 0.410 e. The highest BCUT2D eigenvalue weighted by Crippen LogP contribution is 2.65. The summed E-state index contributed by atoms with van der Waals surface area (Å²) in [4.78, 5) is 33.2. The van der Waals surface area contributed by atoms with Crippen LogP contribution in [-0.4, -0.2) is 65.7 Å². The standard InChI is InChI=1S/C28H44N4O3/c1-27(2,3)35-26(34)31(4)14-15-32(25(33)30-10-5-6-21-7-11-29-12-8-21)13-9-28-18-22-16-23(19-28)24(17-22)20-28/h7-8,11-12,22-24H,5-6,9-10,13-20H2,1-4H3,(H,30,33). The fourth-order valence-corrected chi connectivity index (χ4v) is 6.82. The molecular formula is C28H44N4O3. The van der Waals surface area contributed by atoms with Crippen LogP contribution in [0.1, 0.15) is 71.3 Å². The zero-order valence-electron chi connectivity index (χ0n) is 22.1. The van der Waals surface area contributed by atoms with Gasteiger partial charge in [-0.2, -0.15) is 0 Å². The monoisotopic (exact) mass is 484 g/mol. The summed E-state index contributed by atoms with van der Waals surface area (Å²) in [5.41, 5.74) is 1.14. The number of hydrogen-bond donors (Lipinski definition) is 1. The number of aryl methyl sites for hydroxylation is 1. The van der Waals surface area contributed by atoms with E-state index in [1.807, 2.05) is 37.8 Å². The number of carbonyl (C=O) groups excluding carboxylic acids is 2. The summed E-state index contributed by atoms with van der Waals surface area (Å²) in [6.07, 6.45) is 13.1. The van der Waals surface area contributed by atoms with Crippen LogP contribution in [0, 0.1) is 23.2 Å². The third kappa shape index (κ3) is 6.89. The lowest BCUT2D eigenvalue weighted by Crippen LogP contribution is -2.46. The SMILES string of the molecule is CN(CCN(CCC12CC3CC(C1)C(C3)C2)C(=O)NCCCc1ccncc1)C(=O)OC(C)(C)C. The number of nitrogens with one attached hydrogen (secondary N) is 1. The normalized spacial score (nSPS) is 26.6. The first-order valence-corrected chi connectivity index (χ1v) is 13.5. The van der Waals surface area contributed by atoms with Crippen LogP contribution in [0.3, 0.4) is 0 Å². The molecule has 1 aromatic rings. The Balaban J connectivity index is 1.29. The zero-order chi connectivity index (χ0) is 25.1. The molecule has 194 valence electrons. The Kier molecular flexibility index (Phi) is 7.92. The Labute approximate surface area is 211 Å². The molecular weight excluding hydrogens is 440 g/mol. The van der Waals surface area contributed by atoms with E-state index < -0.39 is 5.60 Å². The fraction of sp³-hybridized carbons (Fsp3) is 0.750. The van der Waals surface area contributed by atoms with Crippen LogP contribution in [-0.2, 0) is 11.2 Å². The number of nitrogens with zero attached hydrogens (tertiary/aromatic N) is 3. The van der Waals surface area contributed by atoms with Crippen LogP contribution in [0.4, 0.5) is 9.59 Å². The van der Waals surface area contributed by atoms with Gasteiger partial charge in [0, 0.05) is 45.6 Å². The van der Waals surface area contributed by atoms with Crippen LogP contribution in [0.25, 0.3) is 0 Å². The highest BCUT2D eigenvalue weighted by atomic mass is 16.6. The van der Waals surface area contributed by atoms with Gasteiger partial charge in [0.05, 0.1) is 0 Å². The molecule has 0 spiro atoms. The maximum absolute atomic E-state index is 13.2. The van der Waals surface area contributed by atoms with Gasteiger partial charge >= 0.3 is 12.1 Å². The number of ether oxygens (including phenoxy) is 1. The lowest BCUT2D eigenvalue weighted by molar-refractivity contribution is 0.0283. The van der Waals surface area contributed by atoms with Gasteiger partial charge in [-0.25, -0.2) is 9.59 Å². The molecule has 5 rings (SSSR count). The average molecular weight is 485 g/mol. The van der Waals surface area contributed by atoms with Crippen molar-refractivity contribution < 1.29 is 14.3 Å². The molecule has 4 aliphatic carbocycles. The second-order valence-corrected chi connectivity index (χ2v) is 12.3. The zero-order valence-corrected chi connectivity index (χ0v) is 22.1. The number of amides is 3. The Bertz CT molecular complexity index is 849. The molecule has 7 heteroatoms. The van der Waals surface area contributed by atoms with Gasteiger partial charge in [-0.05, 0) is 113 Å². The number of likely N-dealkylation sites (N-methyl/N-ethyl adjacent to an activating group) is 1. The molecule has 0 aliphatic heterocycles. The van der Waals surface area contributed by atoms with Gasteiger partial charge in [-0.3, -0.25) is 4.98 Å². The molecule has 1 N–H and O–H groups in total. The Morgan fingerprint density at radius 1 is 1.09 bits per heavy atom. The largest absolute Gasteiger partial charge is 0.444 e. The second-order valence-electron chi connectivity index (χ2n) is 12.3. The first-order valence-electron chi connectivity index (χ1n) is 13.5. The van der Waals surface area contributed by atoms with Crippen LogP contribution in [0.2, 0.25) is 0 Å². The average Bonchev–Trinajstić information content (AvgIpc) is 3.22. The van der Waals surface area contributed by atoms with E-state index in [2.05, 4.69) is 10.3 Å². The second kappa shape index (κ2) is 10.8. The van der Waals surface area contributed by atoms with Gasteiger partial charge in [0.1, 0.15) is 5.60 Å². The van der Waals surface area contributed by atoms with E-state index in [4.69, 9.17) is 4.74 Å². The van der Waals surface area contributed by atoms with Gasteiger partial charge in [0.2, 0.25) is 0 Å². The molecule has 2 atom stereocenters. The predicted molar refractivity (Wildman–Crippen MR) is 137 cm³/mol. The van der Waals surface area contributed by atoms with Crippen molar-refractivity contribution in [1.29, 1.82) is 0 Å². The maximum atomic E-state index is 13.2. The third-order valence-electron chi connectivity index (χ3n) is 8.33. The van der Waals surface area contributed by atoms with E-state index in [9.17, 15) is 9.59 Å². The van der Waals surface area contributed by atoms with E-state index in [1.54, 1.807) is 24.3 Å². The lowest BCUT2D eigenvalue weighted by Gasteiger charge is -2.40. The Morgan fingerprint density at radius 2 is 1.77 bits per heavy atom. The molecule has 35 heavy (non-hydrogen) atoms. The summed E-state index contributed by atoms with van der Waals surface area (Å²) >= 11 is 0. The summed E-state index contributed by atoms with van der Waals surface area (Å²) in [6.45, 7) is 7.97. The van der Waals surface area contributed by atoms with Crippen LogP contribution in [0.5, 0.6) is 0 Å². The smallest absolute Gasteiger partial charge is 0.410 e. The van der Waals surface area contributed by atoms with Crippen molar-refractivity contribution in [2.24, 2.45) is 23.2 Å². The molecule has 7 nitrogen and oxygen atoms in total. The van der Waals surface area contributed by atoms with E-state index >= 15 is 0 Å². The van der Waals surface area contributed by atoms with E-state index in [1.165, 1.54) is 37.7 Å². The molecule has 4 bridgehead atoms. The van der Waals surface area contributed by atoms with Crippen molar-refractivity contribution in [3.63, 3.8) is 0 Å². The van der Waals surface area contributed by atoms with Crippen molar-refractivity contribution >= 4 is 12.1 Å². The highest BCUT2D eigenvalue weighted by Gasteiger charge is 2.55. The molecule has 4 fully saturated rings. The molecule has 2 unspecified atom stereocenters. The first-order chi connectivity index (χ1) is 16.6. The molecule has 3 amide bonds. The van der Waals surface area contributed by atoms with Gasteiger partial charge in [-0.15, -0.1) is 0 Å². The summed E-state index contributed by atoms with van der Waals surface area (Å²) in [7, 11) is 1.74. The van der Waals surface area contributed by atoms with Crippen LogP contribution >= 0.6 is 0 Å². The van der Waals surface area contributed by atoms with Gasteiger partial charge in [-0.1, -0.05) is 0 Å². The molecule has 1 heterocycles. The minimum absolute atomic E-state index is 0.0239. The van der Waals surface area contributed by atoms with Gasteiger partial charge in [0.15, 0.2) is 0 Å². The quantitative estimate of drug-likeness (QED) is 0.468. The van der Waals surface area contributed by atoms with Crippen molar-refractivity contribution in [1.82, 2.24) is 20.1 Å². The van der Waals surface area contributed by atoms with E-state index in [-0.39, 0.29) is 12.1 Å². The van der Waals surface area contributed by atoms with Crippen molar-refractivity contribution in [3.8, 4) is 0 Å². The van der Waals surface area contributed by atoms with Crippen molar-refractivity contribution in [3.05, 3.63) is 30.1 Å². The first kappa shape index (κ1) is 25.8. The number of hydrogen-bond acceptors (Lipinski definition) is 4. The Morgan fingerprint density at radius 3 is 2.40 bits per heavy atom. The summed E-state index contributed by atoms with van der Waals surface area (Å²) < 4.78 is 5.49. The van der Waals surface area contributed by atoms with Crippen molar-refractivity contribution in [2.45, 2.75) is 77.7 Å². The molecule has 0 aromatic carbocycles. The predicted octanol–water partition coefficient (Wildman–Crippen LogP) is 5.11. The minimum atomic E-state index is -0.531. The number of carbonyl (C=O) groups is 2. The lowest BCUT2D eigenvalue weighted by atomic mass is 9.67. The van der Waals surface area contributed by atoms with E-state index in [0.29, 0.717) is 25.0 Å². The third-order valence-corrected chi connectivity index (χ3v) is 8.33. The molecule has 0 saturated heterocycles. The van der Waals surface area contributed by atoms with Crippen LogP contribution in [0.15, 0.2) is 24.5 Å². The fourth-order valence-electron chi connectivity index (χ4n) is 6.82. The van der Waals surface area contributed by atoms with Crippen molar-refractivity contribution in [2.75, 3.05) is 33.2 Å². The van der Waals surface area contributed by atoms with Gasteiger partial charge < -0.3 is 19.9 Å². The Hall–Kier alpha value is -2.31. The molecule has 4 aliphatic rings. The highest BCUT2D eigenvalue weighted by molar-refractivity contribution is 5.74. The summed E-state index contributed by atoms with van der Waals surface area (Å²) in [6, 6.07) is 4.01. The molecule has 1 aromatic heterocycles. The minimum Gasteiger partial charge on any atom is -0.444 e. The molecule has 0 radical (unpaired) electrons. The summed E-state index contributed by atoms with van der Waals surface area (Å²) in [5.74, 6) is 2.78. The number of urea groups is 1. The number of pyridine rings is 1. The van der Waals surface area contributed by atoms with Crippen LogP contribution < -0.4 is 5.32 Å². The topological polar surface area (TPSA) is 74.8 Å². The number of rotatable bonds is 10. The van der Waals surface area contributed by atoms with Gasteiger partial charge in [0.25, 0.3) is 0 Å². The number of aromatic nitrogens is 1.